The van der Waals surface area contributed by atoms with Gasteiger partial charge in [-0.05, 0) is 28.7 Å². The van der Waals surface area contributed by atoms with Gasteiger partial charge in [-0.1, -0.05) is 11.6 Å². The lowest BCUT2D eigenvalue weighted by molar-refractivity contribution is -0.386. The Balaban J connectivity index is 2.29. The van der Waals surface area contributed by atoms with Crippen molar-refractivity contribution in [1.29, 1.82) is 5.26 Å². The van der Waals surface area contributed by atoms with Gasteiger partial charge in [-0.2, -0.15) is 5.26 Å². The number of nitro benzene ring substituents is 1. The fourth-order valence-electron chi connectivity index (χ4n) is 1.48. The van der Waals surface area contributed by atoms with Crippen LogP contribution in [0.25, 0.3) is 0 Å². The van der Waals surface area contributed by atoms with Crippen LogP contribution in [0.15, 0.2) is 24.5 Å². The number of nitrogens with zero attached hydrogens (tertiary/aromatic N) is 4. The number of hydrogen-bond donors (Lipinski definition) is 0. The zero-order valence-electron chi connectivity index (χ0n) is 10.3. The molecule has 0 N–H and O–H groups in total. The van der Waals surface area contributed by atoms with Crippen LogP contribution in [0.5, 0.6) is 5.75 Å². The van der Waals surface area contributed by atoms with Crippen molar-refractivity contribution >= 4 is 39.9 Å². The molecule has 21 heavy (non-hydrogen) atoms. The van der Waals surface area contributed by atoms with Crippen LogP contribution in [0, 0.1) is 25.0 Å². The van der Waals surface area contributed by atoms with Crippen LogP contribution < -0.4 is 4.74 Å². The van der Waals surface area contributed by atoms with E-state index in [2.05, 4.69) is 9.97 Å². The molecule has 2 rings (SSSR count). The number of ether oxygens (including phenoxy) is 1. The number of nitro groups is 1. The second kappa shape index (κ2) is 6.64. The van der Waals surface area contributed by atoms with Crippen LogP contribution >= 0.6 is 34.2 Å². The van der Waals surface area contributed by atoms with Crippen molar-refractivity contribution in [2.24, 2.45) is 0 Å². The van der Waals surface area contributed by atoms with Crippen LogP contribution in [0.3, 0.4) is 0 Å². The first-order valence-electron chi connectivity index (χ1n) is 5.48. The first kappa shape index (κ1) is 15.4. The van der Waals surface area contributed by atoms with E-state index in [0.29, 0.717) is 9.26 Å². The number of benzene rings is 1. The fraction of sp³-hybridized carbons (Fsp3) is 0.0833. The summed E-state index contributed by atoms with van der Waals surface area (Å²) in [6.45, 7) is 0.00686. The van der Waals surface area contributed by atoms with Crippen molar-refractivity contribution in [3.05, 3.63) is 54.6 Å². The molecule has 0 fully saturated rings. The summed E-state index contributed by atoms with van der Waals surface area (Å²) in [5.74, 6) is 0.0938. The Hall–Kier alpha value is -1.99. The van der Waals surface area contributed by atoms with Crippen LogP contribution in [0.1, 0.15) is 11.3 Å². The van der Waals surface area contributed by atoms with Crippen molar-refractivity contribution in [2.45, 2.75) is 6.61 Å². The number of aromatic nitrogens is 2. The van der Waals surface area contributed by atoms with Gasteiger partial charge in [-0.3, -0.25) is 15.1 Å². The molecule has 0 amide bonds. The molecule has 0 unspecified atom stereocenters. The van der Waals surface area contributed by atoms with Gasteiger partial charge < -0.3 is 4.74 Å². The molecule has 0 radical (unpaired) electrons. The lowest BCUT2D eigenvalue weighted by atomic mass is 10.2. The molecule has 0 aliphatic rings. The van der Waals surface area contributed by atoms with E-state index in [-0.39, 0.29) is 28.8 Å². The molecular formula is C12H6ClIN4O3. The molecule has 106 valence electrons. The van der Waals surface area contributed by atoms with Crippen LogP contribution in [0.4, 0.5) is 5.69 Å². The van der Waals surface area contributed by atoms with Crippen molar-refractivity contribution in [2.75, 3.05) is 0 Å². The van der Waals surface area contributed by atoms with Crippen molar-refractivity contribution in [3.8, 4) is 11.8 Å². The number of nitriles is 1. The minimum atomic E-state index is -0.591. The molecule has 0 saturated heterocycles. The van der Waals surface area contributed by atoms with Crippen LogP contribution in [-0.2, 0) is 6.61 Å². The lowest BCUT2D eigenvalue weighted by Gasteiger charge is -2.08. The van der Waals surface area contributed by atoms with Crippen molar-refractivity contribution in [3.63, 3.8) is 0 Å². The minimum Gasteiger partial charge on any atom is -0.480 e. The maximum atomic E-state index is 11.1. The van der Waals surface area contributed by atoms with Crippen LogP contribution in [-0.4, -0.2) is 14.9 Å². The van der Waals surface area contributed by atoms with E-state index >= 15 is 0 Å². The highest BCUT2D eigenvalue weighted by Gasteiger charge is 2.20. The molecule has 9 heteroatoms. The Morgan fingerprint density at radius 3 is 2.76 bits per heavy atom. The maximum absolute atomic E-state index is 11.1. The molecule has 2 aromatic rings. The minimum absolute atomic E-state index is 0.00686. The summed E-state index contributed by atoms with van der Waals surface area (Å²) in [4.78, 5) is 18.3. The Bertz CT molecular complexity index is 731. The van der Waals surface area contributed by atoms with Gasteiger partial charge in [0.05, 0.1) is 38.2 Å². The number of hydrogen-bond acceptors (Lipinski definition) is 6. The maximum Gasteiger partial charge on any atom is 0.313 e. The zero-order valence-corrected chi connectivity index (χ0v) is 13.2. The average Bonchev–Trinajstić information content (AvgIpc) is 2.46. The first-order valence-corrected chi connectivity index (χ1v) is 6.94. The topological polar surface area (TPSA) is 102 Å². The predicted octanol–water partition coefficient (Wildman–Crippen LogP) is 3.09. The summed E-state index contributed by atoms with van der Waals surface area (Å²) in [6.07, 6.45) is 2.78. The largest absolute Gasteiger partial charge is 0.480 e. The van der Waals surface area contributed by atoms with Gasteiger partial charge in [0.2, 0.25) is 5.75 Å². The van der Waals surface area contributed by atoms with E-state index < -0.39 is 4.92 Å². The third-order valence-electron chi connectivity index (χ3n) is 2.39. The van der Waals surface area contributed by atoms with Gasteiger partial charge in [0.15, 0.2) is 0 Å². The van der Waals surface area contributed by atoms with Gasteiger partial charge >= 0.3 is 5.69 Å². The second-order valence-electron chi connectivity index (χ2n) is 3.79. The normalized spacial score (nSPS) is 9.95. The van der Waals surface area contributed by atoms with E-state index in [9.17, 15) is 10.1 Å². The molecule has 7 nitrogen and oxygen atoms in total. The highest BCUT2D eigenvalue weighted by atomic mass is 127. The molecule has 1 heterocycles. The Kier molecular flexibility index (Phi) is 4.87. The molecule has 0 aliphatic carbocycles. The third kappa shape index (κ3) is 3.77. The molecule has 1 aromatic carbocycles. The zero-order chi connectivity index (χ0) is 15.4. The molecular weight excluding hydrogens is 411 g/mol. The van der Waals surface area contributed by atoms with E-state index in [1.54, 1.807) is 0 Å². The van der Waals surface area contributed by atoms with Crippen molar-refractivity contribution in [1.82, 2.24) is 9.97 Å². The predicted molar refractivity (Wildman–Crippen MR) is 81.9 cm³/mol. The lowest BCUT2D eigenvalue weighted by Crippen LogP contribution is -2.03. The summed E-state index contributed by atoms with van der Waals surface area (Å²) >= 11 is 7.50. The first-order chi connectivity index (χ1) is 10.0. The van der Waals surface area contributed by atoms with Crippen LogP contribution in [0.2, 0.25) is 5.15 Å². The Morgan fingerprint density at radius 2 is 2.19 bits per heavy atom. The number of halogens is 2. The average molecular weight is 417 g/mol. The SMILES string of the molecule is N#Cc1cc(I)c(OCc2cnc(Cl)cn2)c([N+](=O)[O-])c1. The summed E-state index contributed by atoms with van der Waals surface area (Å²) in [5.41, 5.74) is 0.416. The van der Waals surface area contributed by atoms with Gasteiger partial charge in [-0.25, -0.2) is 4.98 Å². The van der Waals surface area contributed by atoms with Gasteiger partial charge in [-0.15, -0.1) is 0 Å². The van der Waals surface area contributed by atoms with E-state index in [0.717, 1.165) is 0 Å². The Morgan fingerprint density at radius 1 is 1.43 bits per heavy atom. The quantitative estimate of drug-likeness (QED) is 0.431. The van der Waals surface area contributed by atoms with Gasteiger partial charge in [0, 0.05) is 6.07 Å². The summed E-state index contributed by atoms with van der Waals surface area (Å²) in [5, 5.41) is 20.2. The molecule has 0 spiro atoms. The van der Waals surface area contributed by atoms with E-state index in [1.807, 2.05) is 28.7 Å². The summed E-state index contributed by atoms with van der Waals surface area (Å²) in [7, 11) is 0. The molecule has 0 saturated carbocycles. The fourth-order valence-corrected chi connectivity index (χ4v) is 2.35. The summed E-state index contributed by atoms with van der Waals surface area (Å²) < 4.78 is 5.92. The van der Waals surface area contributed by atoms with Gasteiger partial charge in [0.1, 0.15) is 11.8 Å². The highest BCUT2D eigenvalue weighted by Crippen LogP contribution is 2.34. The second-order valence-corrected chi connectivity index (χ2v) is 5.34. The van der Waals surface area contributed by atoms with E-state index in [1.165, 1.54) is 24.5 Å². The number of rotatable bonds is 4. The van der Waals surface area contributed by atoms with E-state index in [4.69, 9.17) is 21.6 Å². The highest BCUT2D eigenvalue weighted by molar-refractivity contribution is 14.1. The smallest absolute Gasteiger partial charge is 0.313 e. The Labute approximate surface area is 137 Å². The standard InChI is InChI=1S/C12H6ClIN4O3/c13-11-5-16-8(4-17-11)6-21-12-9(14)1-7(3-15)2-10(12)18(19)20/h1-2,4-5H,6H2. The monoisotopic (exact) mass is 416 g/mol. The molecule has 0 atom stereocenters. The van der Waals surface area contributed by atoms with Gasteiger partial charge in [0.25, 0.3) is 0 Å². The molecule has 1 aromatic heterocycles. The third-order valence-corrected chi connectivity index (χ3v) is 3.38. The molecule has 0 bridgehead atoms. The van der Waals surface area contributed by atoms with Crippen molar-refractivity contribution < 1.29 is 9.66 Å². The molecule has 0 aliphatic heterocycles. The summed E-state index contributed by atoms with van der Waals surface area (Å²) in [6, 6.07) is 4.55.